The molecule has 6 heteroatoms. The second-order valence-corrected chi connectivity index (χ2v) is 7.40. The molecule has 0 amide bonds. The predicted octanol–water partition coefficient (Wildman–Crippen LogP) is 5.79. The maximum Gasteiger partial charge on any atom is 0.165 e. The van der Waals surface area contributed by atoms with Crippen LogP contribution in [0.3, 0.4) is 0 Å². The van der Waals surface area contributed by atoms with Crippen molar-refractivity contribution < 1.29 is 0 Å². The van der Waals surface area contributed by atoms with Gasteiger partial charge in [0.15, 0.2) is 17.5 Å². The minimum atomic E-state index is 0.595. The van der Waals surface area contributed by atoms with Crippen LogP contribution in [-0.2, 0) is 0 Å². The predicted molar refractivity (Wildman–Crippen MR) is 109 cm³/mol. The van der Waals surface area contributed by atoms with E-state index in [4.69, 9.17) is 4.98 Å². The highest BCUT2D eigenvalue weighted by atomic mass is 79.9. The zero-order valence-corrected chi connectivity index (χ0v) is 16.6. The topological polar surface area (TPSA) is 51.6 Å². The Morgan fingerprint density at radius 2 is 1.08 bits per heavy atom. The number of nitrogens with zero attached hydrogens (tertiary/aromatic N) is 4. The lowest BCUT2D eigenvalue weighted by Gasteiger charge is -2.08. The van der Waals surface area contributed by atoms with Crippen molar-refractivity contribution in [3.63, 3.8) is 0 Å². The maximum atomic E-state index is 4.70. The van der Waals surface area contributed by atoms with Gasteiger partial charge in [0.2, 0.25) is 0 Å². The van der Waals surface area contributed by atoms with Gasteiger partial charge in [-0.1, -0.05) is 56.1 Å². The summed E-state index contributed by atoms with van der Waals surface area (Å²) in [6, 6.07) is 19.6. The van der Waals surface area contributed by atoms with Crippen LogP contribution in [-0.4, -0.2) is 19.9 Å². The van der Waals surface area contributed by atoms with Gasteiger partial charge in [0.1, 0.15) is 0 Å². The smallest absolute Gasteiger partial charge is 0.165 e. The number of hydrogen-bond acceptors (Lipinski definition) is 4. The first-order valence-corrected chi connectivity index (χ1v) is 9.46. The first-order valence-electron chi connectivity index (χ1n) is 7.87. The van der Waals surface area contributed by atoms with Crippen LogP contribution in [0, 0.1) is 0 Å². The highest BCUT2D eigenvalue weighted by Gasteiger charge is 2.12. The Hall–Kier alpha value is -2.44. The molecule has 0 fully saturated rings. The zero-order valence-electron chi connectivity index (χ0n) is 13.5. The second-order valence-electron chi connectivity index (χ2n) is 5.57. The van der Waals surface area contributed by atoms with Crippen molar-refractivity contribution in [1.29, 1.82) is 0 Å². The van der Waals surface area contributed by atoms with Gasteiger partial charge in [0, 0.05) is 38.0 Å². The van der Waals surface area contributed by atoms with Crippen LogP contribution in [0.25, 0.3) is 34.2 Å². The number of benzene rings is 2. The fourth-order valence-electron chi connectivity index (χ4n) is 2.51. The van der Waals surface area contributed by atoms with Crippen molar-refractivity contribution in [3.8, 4) is 34.2 Å². The molecule has 2 aromatic heterocycles. The highest BCUT2D eigenvalue weighted by Crippen LogP contribution is 2.26. The third-order valence-corrected chi connectivity index (χ3v) is 4.71. The van der Waals surface area contributed by atoms with E-state index in [-0.39, 0.29) is 0 Å². The molecule has 0 saturated carbocycles. The largest absolute Gasteiger partial charge is 0.264 e. The molecule has 26 heavy (non-hydrogen) atoms. The summed E-state index contributed by atoms with van der Waals surface area (Å²) in [4.78, 5) is 18.2. The Morgan fingerprint density at radius 1 is 0.577 bits per heavy atom. The van der Waals surface area contributed by atoms with Crippen LogP contribution in [0.1, 0.15) is 0 Å². The van der Waals surface area contributed by atoms with E-state index in [1.54, 1.807) is 12.4 Å². The molecule has 126 valence electrons. The van der Waals surface area contributed by atoms with E-state index in [1.807, 2.05) is 60.7 Å². The van der Waals surface area contributed by atoms with Crippen molar-refractivity contribution in [1.82, 2.24) is 19.9 Å². The fraction of sp³-hybridized carbons (Fsp3) is 0. The number of rotatable bonds is 3. The van der Waals surface area contributed by atoms with Gasteiger partial charge >= 0.3 is 0 Å². The Bertz CT molecular complexity index is 1000. The molecule has 4 nitrogen and oxygen atoms in total. The van der Waals surface area contributed by atoms with Crippen LogP contribution in [0.15, 0.2) is 82.0 Å². The van der Waals surface area contributed by atoms with Gasteiger partial charge < -0.3 is 0 Å². The van der Waals surface area contributed by atoms with Crippen LogP contribution in [0.4, 0.5) is 0 Å². The van der Waals surface area contributed by atoms with Gasteiger partial charge in [-0.05, 0) is 36.4 Å². The lowest BCUT2D eigenvalue weighted by Crippen LogP contribution is -2.00. The summed E-state index contributed by atoms with van der Waals surface area (Å²) in [5.74, 6) is 1.84. The molecule has 0 radical (unpaired) electrons. The van der Waals surface area contributed by atoms with E-state index in [2.05, 4.69) is 46.8 Å². The molecule has 2 heterocycles. The van der Waals surface area contributed by atoms with Gasteiger partial charge in [0.25, 0.3) is 0 Å². The average molecular weight is 468 g/mol. The summed E-state index contributed by atoms with van der Waals surface area (Å²) < 4.78 is 1.95. The summed E-state index contributed by atoms with van der Waals surface area (Å²) in [6.07, 6.45) is 3.49. The highest BCUT2D eigenvalue weighted by molar-refractivity contribution is 9.10. The summed E-state index contributed by atoms with van der Waals surface area (Å²) in [5, 5.41) is 0. The third-order valence-electron chi connectivity index (χ3n) is 3.72. The van der Waals surface area contributed by atoms with E-state index in [9.17, 15) is 0 Å². The van der Waals surface area contributed by atoms with Crippen molar-refractivity contribution in [2.45, 2.75) is 0 Å². The van der Waals surface area contributed by atoms with Crippen molar-refractivity contribution in [2.75, 3.05) is 0 Å². The van der Waals surface area contributed by atoms with Crippen LogP contribution >= 0.6 is 31.9 Å². The molecule has 0 aliphatic carbocycles. The molecule has 0 N–H and O–H groups in total. The molecule has 0 bridgehead atoms. The molecule has 4 aromatic rings. The average Bonchev–Trinajstić information content (AvgIpc) is 2.68. The first kappa shape index (κ1) is 17.0. The van der Waals surface area contributed by atoms with E-state index in [0.717, 1.165) is 25.6 Å². The second kappa shape index (κ2) is 7.43. The van der Waals surface area contributed by atoms with Crippen molar-refractivity contribution >= 4 is 31.9 Å². The minimum absolute atomic E-state index is 0.595. The van der Waals surface area contributed by atoms with E-state index < -0.39 is 0 Å². The molecular formula is C20H12Br2N4. The van der Waals surface area contributed by atoms with Crippen molar-refractivity contribution in [3.05, 3.63) is 82.0 Å². The molecule has 0 aliphatic rings. The van der Waals surface area contributed by atoms with Gasteiger partial charge in [-0.15, -0.1) is 0 Å². The number of aromatic nitrogens is 4. The molecular weight excluding hydrogens is 456 g/mol. The quantitative estimate of drug-likeness (QED) is 0.382. The zero-order chi connectivity index (χ0) is 17.9. The fourth-order valence-corrected chi connectivity index (χ4v) is 3.31. The molecule has 4 rings (SSSR count). The summed E-state index contributed by atoms with van der Waals surface area (Å²) in [5.41, 5.74) is 2.69. The summed E-state index contributed by atoms with van der Waals surface area (Å²) >= 11 is 7.02. The normalized spacial score (nSPS) is 10.7. The molecule has 2 aromatic carbocycles. The SMILES string of the molecule is Brc1cccc(-c2nc(-c3cccnc3)nc(-c3cccc(Br)c3)n2)c1. The number of hydrogen-bond donors (Lipinski definition) is 0. The molecule has 0 unspecified atom stereocenters. The van der Waals surface area contributed by atoms with Crippen LogP contribution in [0.5, 0.6) is 0 Å². The Labute approximate surface area is 167 Å². The third kappa shape index (κ3) is 3.71. The van der Waals surface area contributed by atoms with Gasteiger partial charge in [0.05, 0.1) is 0 Å². The van der Waals surface area contributed by atoms with Gasteiger partial charge in [-0.25, -0.2) is 15.0 Å². The Morgan fingerprint density at radius 3 is 1.54 bits per heavy atom. The minimum Gasteiger partial charge on any atom is -0.264 e. The lowest BCUT2D eigenvalue weighted by atomic mass is 10.1. The Balaban J connectivity index is 1.93. The maximum absolute atomic E-state index is 4.70. The van der Waals surface area contributed by atoms with E-state index in [0.29, 0.717) is 17.5 Å². The monoisotopic (exact) mass is 466 g/mol. The Kier molecular flexibility index (Phi) is 4.86. The lowest BCUT2D eigenvalue weighted by molar-refractivity contribution is 1.07. The van der Waals surface area contributed by atoms with Crippen molar-refractivity contribution in [2.24, 2.45) is 0 Å². The van der Waals surface area contributed by atoms with Gasteiger partial charge in [-0.3, -0.25) is 4.98 Å². The standard InChI is InChI=1S/C20H12Br2N4/c21-16-7-1-4-13(10-16)18-24-19(14-5-2-8-17(22)11-14)26-20(25-18)15-6-3-9-23-12-15/h1-12H. The van der Waals surface area contributed by atoms with E-state index in [1.165, 1.54) is 0 Å². The summed E-state index contributed by atoms with van der Waals surface area (Å²) in [7, 11) is 0. The van der Waals surface area contributed by atoms with Crippen LogP contribution in [0.2, 0.25) is 0 Å². The molecule has 0 saturated heterocycles. The number of halogens is 2. The summed E-state index contributed by atoms with van der Waals surface area (Å²) in [6.45, 7) is 0. The number of pyridine rings is 1. The molecule has 0 spiro atoms. The van der Waals surface area contributed by atoms with Crippen LogP contribution < -0.4 is 0 Å². The van der Waals surface area contributed by atoms with E-state index >= 15 is 0 Å². The van der Waals surface area contributed by atoms with Gasteiger partial charge in [-0.2, -0.15) is 0 Å². The first-order chi connectivity index (χ1) is 12.7. The molecule has 0 aliphatic heterocycles. The molecule has 0 atom stereocenters.